The lowest BCUT2D eigenvalue weighted by Gasteiger charge is -2.08. The third kappa shape index (κ3) is 4.15. The second-order valence-electron chi connectivity index (χ2n) is 3.62. The molecule has 0 aliphatic rings. The molecule has 0 spiro atoms. The van der Waals surface area contributed by atoms with E-state index in [-0.39, 0.29) is 0 Å². The van der Waals surface area contributed by atoms with Gasteiger partial charge in [0.25, 0.3) is 0 Å². The van der Waals surface area contributed by atoms with Crippen LogP contribution in [0.15, 0.2) is 61.0 Å². The maximum atomic E-state index is 4.32. The molecule has 0 aromatic heterocycles. The third-order valence-electron chi connectivity index (χ3n) is 2.28. The molecule has 2 rings (SSSR count). The number of hydrazone groups is 1. The summed E-state index contributed by atoms with van der Waals surface area (Å²) in [7, 11) is 0. The smallest absolute Gasteiger partial charge is 0.133 e. The van der Waals surface area contributed by atoms with E-state index in [1.807, 2.05) is 42.5 Å². The second-order valence-corrected chi connectivity index (χ2v) is 7.00. The molecule has 0 saturated heterocycles. The fourth-order valence-corrected chi connectivity index (χ4v) is 4.18. The first kappa shape index (κ1) is 15.2. The molecule has 0 aliphatic heterocycles. The van der Waals surface area contributed by atoms with Crippen LogP contribution in [0.25, 0.3) is 0 Å². The summed E-state index contributed by atoms with van der Waals surface area (Å²) in [5, 5.41) is 4.32. The molecule has 98 valence electrons. The van der Waals surface area contributed by atoms with E-state index in [1.54, 1.807) is 0 Å². The van der Waals surface area contributed by atoms with Crippen LogP contribution in [0.2, 0.25) is 0 Å². The quantitative estimate of drug-likeness (QED) is 0.388. The van der Waals surface area contributed by atoms with E-state index in [0.717, 1.165) is 29.3 Å². The van der Waals surface area contributed by atoms with E-state index in [0.29, 0.717) is 0 Å². The minimum Gasteiger partial charge on any atom is -0.275 e. The van der Waals surface area contributed by atoms with Crippen molar-refractivity contribution in [3.63, 3.8) is 0 Å². The van der Waals surface area contributed by atoms with Crippen LogP contribution >= 0.6 is 63.7 Å². The summed E-state index contributed by atoms with van der Waals surface area (Å²) in [6.07, 6.45) is 0. The Morgan fingerprint density at radius 2 is 1.53 bits per heavy atom. The van der Waals surface area contributed by atoms with Crippen molar-refractivity contribution in [3.8, 4) is 0 Å². The van der Waals surface area contributed by atoms with Crippen molar-refractivity contribution >= 4 is 74.0 Å². The van der Waals surface area contributed by atoms with Gasteiger partial charge in [0.2, 0.25) is 0 Å². The minimum absolute atomic E-state index is 0.745. The van der Waals surface area contributed by atoms with E-state index >= 15 is 0 Å². The highest BCUT2D eigenvalue weighted by Crippen LogP contribution is 2.34. The Morgan fingerprint density at radius 3 is 2.11 bits per heavy atom. The number of halogens is 4. The van der Waals surface area contributed by atoms with Gasteiger partial charge in [-0.1, -0.05) is 46.3 Å². The maximum Gasteiger partial charge on any atom is 0.133 e. The van der Waals surface area contributed by atoms with Gasteiger partial charge < -0.3 is 0 Å². The Hall–Kier alpha value is -0.170. The molecule has 2 aromatic carbocycles. The van der Waals surface area contributed by atoms with Crippen molar-refractivity contribution in [1.29, 1.82) is 0 Å². The van der Waals surface area contributed by atoms with Crippen LogP contribution in [0, 0.1) is 0 Å². The van der Waals surface area contributed by atoms with Gasteiger partial charge in [0, 0.05) is 19.0 Å². The fraction of sp³-hybridized carbons (Fsp3) is 0. The Kier molecular flexibility index (Phi) is 5.62. The molecular formula is C13H8Br4N2. The first-order valence-electron chi connectivity index (χ1n) is 5.27. The molecule has 1 N–H and O–H groups in total. The molecule has 0 radical (unpaired) electrons. The number of hydrogen-bond donors (Lipinski definition) is 1. The van der Waals surface area contributed by atoms with E-state index in [2.05, 4.69) is 74.2 Å². The minimum atomic E-state index is 0.745. The molecular weight excluding hydrogens is 504 g/mol. The molecule has 19 heavy (non-hydrogen) atoms. The molecule has 6 heteroatoms. The number of rotatable bonds is 3. The molecule has 2 nitrogen and oxygen atoms in total. The van der Waals surface area contributed by atoms with E-state index in [1.165, 1.54) is 0 Å². The summed E-state index contributed by atoms with van der Waals surface area (Å²) in [5.41, 5.74) is 4.92. The summed E-state index contributed by atoms with van der Waals surface area (Å²) in [6.45, 7) is 0. The Balaban J connectivity index is 2.23. The number of nitrogens with zero attached hydrogens (tertiary/aromatic N) is 1. The Bertz CT molecular complexity index is 588. The summed E-state index contributed by atoms with van der Waals surface area (Å²) in [4.78, 5) is 0. The van der Waals surface area contributed by atoms with Gasteiger partial charge in [0.15, 0.2) is 0 Å². The molecule has 0 atom stereocenters. The molecule has 0 bridgehead atoms. The second kappa shape index (κ2) is 7.02. The Labute approximate surface area is 145 Å². The van der Waals surface area contributed by atoms with Crippen LogP contribution in [0.3, 0.4) is 0 Å². The largest absolute Gasteiger partial charge is 0.275 e. The molecule has 0 aliphatic carbocycles. The topological polar surface area (TPSA) is 24.4 Å². The van der Waals surface area contributed by atoms with Gasteiger partial charge in [-0.05, 0) is 59.9 Å². The van der Waals surface area contributed by atoms with Crippen molar-refractivity contribution in [2.45, 2.75) is 0 Å². The van der Waals surface area contributed by atoms with Crippen LogP contribution in [-0.2, 0) is 0 Å². The molecule has 0 unspecified atom stereocenters. The molecule has 0 heterocycles. The van der Waals surface area contributed by atoms with Crippen molar-refractivity contribution in [2.75, 3.05) is 5.43 Å². The van der Waals surface area contributed by atoms with E-state index < -0.39 is 0 Å². The van der Waals surface area contributed by atoms with Gasteiger partial charge in [-0.2, -0.15) is 5.10 Å². The molecule has 0 amide bonds. The zero-order valence-electron chi connectivity index (χ0n) is 9.50. The average molecular weight is 512 g/mol. The van der Waals surface area contributed by atoms with Crippen LogP contribution in [-0.4, -0.2) is 4.62 Å². The SMILES string of the molecule is BrC(=NNc1c(Br)cc(Br)cc1Br)c1ccccc1. The Morgan fingerprint density at radius 1 is 0.947 bits per heavy atom. The summed E-state index contributed by atoms with van der Waals surface area (Å²) < 4.78 is 3.58. The van der Waals surface area contributed by atoms with Crippen molar-refractivity contribution in [1.82, 2.24) is 0 Å². The zero-order valence-corrected chi connectivity index (χ0v) is 15.8. The number of anilines is 1. The summed E-state index contributed by atoms with van der Waals surface area (Å²) in [6, 6.07) is 13.8. The highest BCUT2D eigenvalue weighted by Gasteiger charge is 2.06. The molecule has 0 saturated carbocycles. The highest BCUT2D eigenvalue weighted by atomic mass is 79.9. The first-order chi connectivity index (χ1) is 9.08. The number of nitrogens with one attached hydrogen (secondary N) is 1. The van der Waals surface area contributed by atoms with Gasteiger partial charge >= 0.3 is 0 Å². The standard InChI is InChI=1S/C13H8Br4N2/c14-9-6-10(15)12(11(16)7-9)18-19-13(17)8-4-2-1-3-5-8/h1-7,18H. The summed E-state index contributed by atoms with van der Waals surface area (Å²) in [5.74, 6) is 0. The van der Waals surface area contributed by atoms with Gasteiger partial charge in [0.1, 0.15) is 4.62 Å². The van der Waals surface area contributed by atoms with Gasteiger partial charge in [0.05, 0.1) is 5.69 Å². The van der Waals surface area contributed by atoms with Crippen molar-refractivity contribution in [2.24, 2.45) is 5.10 Å². The monoisotopic (exact) mass is 508 g/mol. The van der Waals surface area contributed by atoms with Crippen LogP contribution in [0.5, 0.6) is 0 Å². The van der Waals surface area contributed by atoms with Gasteiger partial charge in [-0.25, -0.2) is 0 Å². The van der Waals surface area contributed by atoms with Crippen molar-refractivity contribution in [3.05, 3.63) is 61.4 Å². The molecule has 2 aromatic rings. The first-order valence-corrected chi connectivity index (χ1v) is 8.44. The lowest BCUT2D eigenvalue weighted by molar-refractivity contribution is 1.32. The van der Waals surface area contributed by atoms with E-state index in [9.17, 15) is 0 Å². The van der Waals surface area contributed by atoms with Gasteiger partial charge in [-0.15, -0.1) is 0 Å². The zero-order chi connectivity index (χ0) is 13.8. The van der Waals surface area contributed by atoms with Crippen LogP contribution < -0.4 is 5.43 Å². The predicted molar refractivity (Wildman–Crippen MR) is 95.1 cm³/mol. The number of benzene rings is 2. The fourth-order valence-electron chi connectivity index (χ4n) is 1.39. The molecule has 0 fully saturated rings. The van der Waals surface area contributed by atoms with Gasteiger partial charge in [-0.3, -0.25) is 5.43 Å². The van der Waals surface area contributed by atoms with Crippen molar-refractivity contribution < 1.29 is 0 Å². The number of hydrogen-bond acceptors (Lipinski definition) is 2. The maximum absolute atomic E-state index is 4.32. The lowest BCUT2D eigenvalue weighted by Crippen LogP contribution is -1.97. The van der Waals surface area contributed by atoms with Crippen LogP contribution in [0.1, 0.15) is 5.56 Å². The predicted octanol–water partition coefficient (Wildman–Crippen LogP) is 6.14. The third-order valence-corrected chi connectivity index (χ3v) is 4.63. The van der Waals surface area contributed by atoms with E-state index in [4.69, 9.17) is 0 Å². The average Bonchev–Trinajstić information content (AvgIpc) is 2.38. The lowest BCUT2D eigenvalue weighted by atomic mass is 10.2. The summed E-state index contributed by atoms with van der Waals surface area (Å²) >= 11 is 13.9. The van der Waals surface area contributed by atoms with Crippen LogP contribution in [0.4, 0.5) is 5.69 Å². The normalized spacial score (nSPS) is 11.5. The highest BCUT2D eigenvalue weighted by molar-refractivity contribution is 9.18.